The summed E-state index contributed by atoms with van der Waals surface area (Å²) in [5.74, 6) is -0.762. The number of nitrogens with zero attached hydrogens (tertiary/aromatic N) is 1. The number of amides is 3. The minimum atomic E-state index is -0.440. The Morgan fingerprint density at radius 3 is 2.41 bits per heavy atom. The number of likely N-dealkylation sites (tertiary alicyclic amines) is 1. The summed E-state index contributed by atoms with van der Waals surface area (Å²) in [7, 11) is 0. The van der Waals surface area contributed by atoms with Crippen LogP contribution >= 0.6 is 11.6 Å². The Bertz CT molecular complexity index is 880. The molecule has 1 saturated heterocycles. The summed E-state index contributed by atoms with van der Waals surface area (Å²) in [6, 6.07) is 11.4. The molecule has 0 radical (unpaired) electrons. The van der Waals surface area contributed by atoms with E-state index in [0.29, 0.717) is 23.8 Å². The van der Waals surface area contributed by atoms with Crippen molar-refractivity contribution >= 4 is 34.9 Å². The van der Waals surface area contributed by atoms with Gasteiger partial charge >= 0.3 is 6.03 Å². The topological polar surface area (TPSA) is 61.4 Å². The van der Waals surface area contributed by atoms with Crippen molar-refractivity contribution in [3.63, 3.8) is 0 Å². The second kappa shape index (κ2) is 9.27. The lowest BCUT2D eigenvalue weighted by atomic mass is 9.85. The molecule has 2 aromatic rings. The zero-order valence-corrected chi connectivity index (χ0v) is 17.3. The molecule has 1 heterocycles. The van der Waals surface area contributed by atoms with E-state index in [9.17, 15) is 14.0 Å². The quantitative estimate of drug-likeness (QED) is 0.708. The van der Waals surface area contributed by atoms with Crippen LogP contribution in [0.15, 0.2) is 42.5 Å². The van der Waals surface area contributed by atoms with E-state index in [2.05, 4.69) is 10.6 Å². The van der Waals surface area contributed by atoms with Crippen LogP contribution in [0.2, 0.25) is 5.02 Å². The van der Waals surface area contributed by atoms with Crippen LogP contribution in [0.25, 0.3) is 0 Å². The molecule has 5 nitrogen and oxygen atoms in total. The van der Waals surface area contributed by atoms with E-state index < -0.39 is 5.82 Å². The fourth-order valence-electron chi connectivity index (χ4n) is 3.53. The Balaban J connectivity index is 1.51. The molecule has 0 bridgehead atoms. The van der Waals surface area contributed by atoms with Gasteiger partial charge in [-0.25, -0.2) is 9.18 Å². The second-order valence-electron chi connectivity index (χ2n) is 7.52. The predicted octanol–water partition coefficient (Wildman–Crippen LogP) is 5.31. The molecule has 0 aromatic heterocycles. The van der Waals surface area contributed by atoms with E-state index in [0.717, 1.165) is 18.4 Å². The largest absolute Gasteiger partial charge is 0.325 e. The van der Waals surface area contributed by atoms with Gasteiger partial charge in [0.1, 0.15) is 5.82 Å². The van der Waals surface area contributed by atoms with Gasteiger partial charge in [-0.15, -0.1) is 0 Å². The Labute approximate surface area is 175 Å². The SMILES string of the molecule is Cc1ccc(F)c(NC(=O)C(C)C2CCN(C(=O)Nc3ccc(Cl)cc3)CC2)c1. The summed E-state index contributed by atoms with van der Waals surface area (Å²) >= 11 is 5.86. The van der Waals surface area contributed by atoms with Crippen LogP contribution in [-0.4, -0.2) is 29.9 Å². The molecule has 1 atom stereocenters. The molecule has 1 fully saturated rings. The summed E-state index contributed by atoms with van der Waals surface area (Å²) in [5.41, 5.74) is 1.78. The maximum Gasteiger partial charge on any atom is 0.321 e. The average molecular weight is 418 g/mol. The number of carbonyl (C=O) groups is 2. The van der Waals surface area contributed by atoms with Crippen molar-refractivity contribution in [1.29, 1.82) is 0 Å². The molecule has 3 rings (SSSR count). The zero-order valence-electron chi connectivity index (χ0n) is 16.5. The lowest BCUT2D eigenvalue weighted by Crippen LogP contribution is -2.43. The smallest absolute Gasteiger partial charge is 0.321 e. The molecule has 1 aliphatic heterocycles. The first-order valence-corrected chi connectivity index (χ1v) is 10.1. The van der Waals surface area contributed by atoms with E-state index >= 15 is 0 Å². The van der Waals surface area contributed by atoms with E-state index in [1.54, 1.807) is 41.3 Å². The Morgan fingerprint density at radius 1 is 1.10 bits per heavy atom. The van der Waals surface area contributed by atoms with Crippen LogP contribution in [0.4, 0.5) is 20.6 Å². The number of hydrogen-bond donors (Lipinski definition) is 2. The van der Waals surface area contributed by atoms with Gasteiger partial charge in [-0.1, -0.05) is 24.6 Å². The van der Waals surface area contributed by atoms with Crippen LogP contribution < -0.4 is 10.6 Å². The van der Waals surface area contributed by atoms with Crippen LogP contribution in [-0.2, 0) is 4.79 Å². The first kappa shape index (κ1) is 21.1. The predicted molar refractivity (Wildman–Crippen MR) is 114 cm³/mol. The van der Waals surface area contributed by atoms with Crippen molar-refractivity contribution in [2.24, 2.45) is 11.8 Å². The van der Waals surface area contributed by atoms with E-state index in [1.807, 2.05) is 13.8 Å². The Kier molecular flexibility index (Phi) is 6.75. The van der Waals surface area contributed by atoms with Gasteiger partial charge in [-0.2, -0.15) is 0 Å². The molecule has 0 aliphatic carbocycles. The van der Waals surface area contributed by atoms with Gasteiger partial charge < -0.3 is 15.5 Å². The van der Waals surface area contributed by atoms with Crippen molar-refractivity contribution in [3.05, 3.63) is 58.9 Å². The van der Waals surface area contributed by atoms with Gasteiger partial charge in [0.2, 0.25) is 5.91 Å². The lowest BCUT2D eigenvalue weighted by molar-refractivity contribution is -0.121. The average Bonchev–Trinajstić information content (AvgIpc) is 2.72. The van der Waals surface area contributed by atoms with Gasteiger partial charge in [0.25, 0.3) is 0 Å². The monoisotopic (exact) mass is 417 g/mol. The molecule has 29 heavy (non-hydrogen) atoms. The summed E-state index contributed by atoms with van der Waals surface area (Å²) in [6.45, 7) is 4.85. The van der Waals surface area contributed by atoms with Crippen molar-refractivity contribution in [2.45, 2.75) is 26.7 Å². The number of urea groups is 1. The highest BCUT2D eigenvalue weighted by atomic mass is 35.5. The highest BCUT2D eigenvalue weighted by Crippen LogP contribution is 2.27. The molecule has 2 N–H and O–H groups in total. The fraction of sp³-hybridized carbons (Fsp3) is 0.364. The van der Waals surface area contributed by atoms with Crippen molar-refractivity contribution in [1.82, 2.24) is 4.90 Å². The Morgan fingerprint density at radius 2 is 1.76 bits per heavy atom. The highest BCUT2D eigenvalue weighted by molar-refractivity contribution is 6.30. The summed E-state index contributed by atoms with van der Waals surface area (Å²) < 4.78 is 13.9. The van der Waals surface area contributed by atoms with Crippen LogP contribution in [0.5, 0.6) is 0 Å². The minimum absolute atomic E-state index is 0.141. The van der Waals surface area contributed by atoms with E-state index in [1.165, 1.54) is 6.07 Å². The molecule has 0 spiro atoms. The van der Waals surface area contributed by atoms with Gasteiger partial charge in [-0.3, -0.25) is 4.79 Å². The number of halogens is 2. The first-order chi connectivity index (χ1) is 13.8. The second-order valence-corrected chi connectivity index (χ2v) is 7.96. The summed E-state index contributed by atoms with van der Waals surface area (Å²) in [5, 5.41) is 6.17. The third-order valence-corrected chi connectivity index (χ3v) is 5.67. The van der Waals surface area contributed by atoms with Crippen LogP contribution in [0.1, 0.15) is 25.3 Å². The minimum Gasteiger partial charge on any atom is -0.325 e. The molecule has 154 valence electrons. The molecular formula is C22H25ClFN3O2. The third kappa shape index (κ3) is 5.48. The van der Waals surface area contributed by atoms with Gasteiger partial charge in [0.05, 0.1) is 5.69 Å². The fourth-order valence-corrected chi connectivity index (χ4v) is 3.66. The molecule has 2 aromatic carbocycles. The molecule has 7 heteroatoms. The number of aryl methyl sites for hydroxylation is 1. The van der Waals surface area contributed by atoms with Gasteiger partial charge in [-0.05, 0) is 67.6 Å². The zero-order chi connectivity index (χ0) is 21.0. The molecule has 0 saturated carbocycles. The molecule has 3 amide bonds. The normalized spacial score (nSPS) is 15.7. The lowest BCUT2D eigenvalue weighted by Gasteiger charge is -2.34. The third-order valence-electron chi connectivity index (χ3n) is 5.42. The van der Waals surface area contributed by atoms with Gasteiger partial charge in [0.15, 0.2) is 0 Å². The van der Waals surface area contributed by atoms with Crippen molar-refractivity contribution in [2.75, 3.05) is 23.7 Å². The number of carbonyl (C=O) groups excluding carboxylic acids is 2. The molecule has 1 aliphatic rings. The summed E-state index contributed by atoms with van der Waals surface area (Å²) in [6.07, 6.45) is 1.44. The maximum absolute atomic E-state index is 13.9. The number of hydrogen-bond acceptors (Lipinski definition) is 2. The number of piperidine rings is 1. The first-order valence-electron chi connectivity index (χ1n) is 9.72. The maximum atomic E-state index is 13.9. The summed E-state index contributed by atoms with van der Waals surface area (Å²) in [4.78, 5) is 26.8. The van der Waals surface area contributed by atoms with Crippen molar-refractivity contribution in [3.8, 4) is 0 Å². The number of anilines is 2. The van der Waals surface area contributed by atoms with Gasteiger partial charge in [0, 0.05) is 29.7 Å². The Hall–Kier alpha value is -2.60. The number of benzene rings is 2. The number of nitrogens with one attached hydrogen (secondary N) is 2. The molecule has 1 unspecified atom stereocenters. The van der Waals surface area contributed by atoms with E-state index in [4.69, 9.17) is 11.6 Å². The van der Waals surface area contributed by atoms with Crippen LogP contribution in [0.3, 0.4) is 0 Å². The standard InChI is InChI=1S/C22H25ClFN3O2/c1-14-3-8-19(24)20(13-14)26-21(28)15(2)16-9-11-27(12-10-16)22(29)25-18-6-4-17(23)5-7-18/h3-8,13,15-16H,9-12H2,1-2H3,(H,25,29)(H,26,28). The van der Waals surface area contributed by atoms with E-state index in [-0.39, 0.29) is 29.5 Å². The van der Waals surface area contributed by atoms with Crippen molar-refractivity contribution < 1.29 is 14.0 Å². The number of rotatable bonds is 4. The molecular weight excluding hydrogens is 393 g/mol. The van der Waals surface area contributed by atoms with Crippen LogP contribution in [0, 0.1) is 24.6 Å². The highest BCUT2D eigenvalue weighted by Gasteiger charge is 2.30.